The Kier molecular flexibility index (Phi) is 3.50. The highest BCUT2D eigenvalue weighted by molar-refractivity contribution is 5.96. The van der Waals surface area contributed by atoms with Gasteiger partial charge >= 0.3 is 5.97 Å². The van der Waals surface area contributed by atoms with Gasteiger partial charge in [0.25, 0.3) is 0 Å². The number of carbonyl (C=O) groups is 2. The number of aliphatic hydroxyl groups is 1. The van der Waals surface area contributed by atoms with Gasteiger partial charge in [-0.1, -0.05) is 6.92 Å². The fourth-order valence-electron chi connectivity index (χ4n) is 2.22. The molecule has 0 aromatic carbocycles. The predicted octanol–water partition coefficient (Wildman–Crippen LogP) is 0.916. The topological polar surface area (TPSA) is 63.6 Å². The van der Waals surface area contributed by atoms with Gasteiger partial charge in [-0.05, 0) is 26.7 Å². The van der Waals surface area contributed by atoms with Crippen molar-refractivity contribution in [1.82, 2.24) is 0 Å². The predicted molar refractivity (Wildman–Crippen MR) is 54.2 cm³/mol. The lowest BCUT2D eigenvalue weighted by Gasteiger charge is -2.13. The molecule has 0 amide bonds. The lowest BCUT2D eigenvalue weighted by Crippen LogP contribution is -2.31. The van der Waals surface area contributed by atoms with E-state index in [9.17, 15) is 14.7 Å². The number of hydrogen-bond donors (Lipinski definition) is 1. The molecule has 0 aromatic heterocycles. The van der Waals surface area contributed by atoms with Crippen molar-refractivity contribution in [3.05, 3.63) is 0 Å². The van der Waals surface area contributed by atoms with Crippen LogP contribution in [0.3, 0.4) is 0 Å². The standard InChI is InChI=1S/C11H18O4/c1-4-7-8(10(13)15-5-2)6-11(3,14)9(7)12/h7-8,14H,4-6H2,1-3H3/t7-,8+,11+/m1/s1. The van der Waals surface area contributed by atoms with E-state index in [0.29, 0.717) is 13.0 Å². The highest BCUT2D eigenvalue weighted by Gasteiger charge is 2.51. The van der Waals surface area contributed by atoms with Gasteiger partial charge in [0.15, 0.2) is 5.78 Å². The summed E-state index contributed by atoms with van der Waals surface area (Å²) in [6.45, 7) is 5.35. The van der Waals surface area contributed by atoms with Crippen LogP contribution >= 0.6 is 0 Å². The third kappa shape index (κ3) is 2.20. The summed E-state index contributed by atoms with van der Waals surface area (Å²) in [5.41, 5.74) is -1.36. The molecule has 1 N–H and O–H groups in total. The highest BCUT2D eigenvalue weighted by Crippen LogP contribution is 2.38. The second-order valence-electron chi connectivity index (χ2n) is 4.22. The number of hydrogen-bond acceptors (Lipinski definition) is 4. The fraction of sp³-hybridized carbons (Fsp3) is 0.818. The van der Waals surface area contributed by atoms with Crippen LogP contribution in [0.1, 0.15) is 33.6 Å². The average Bonchev–Trinajstić information content (AvgIpc) is 2.39. The van der Waals surface area contributed by atoms with E-state index in [1.54, 1.807) is 6.92 Å². The Hall–Kier alpha value is -0.900. The van der Waals surface area contributed by atoms with E-state index in [0.717, 1.165) is 0 Å². The van der Waals surface area contributed by atoms with Gasteiger partial charge in [0.2, 0.25) is 0 Å². The second kappa shape index (κ2) is 4.31. The summed E-state index contributed by atoms with van der Waals surface area (Å²) in [6.07, 6.45) is 0.752. The molecule has 1 aliphatic rings. The van der Waals surface area contributed by atoms with Gasteiger partial charge in [-0.2, -0.15) is 0 Å². The highest BCUT2D eigenvalue weighted by atomic mass is 16.5. The molecule has 0 heterocycles. The van der Waals surface area contributed by atoms with Crippen LogP contribution in [0.15, 0.2) is 0 Å². The molecule has 1 rings (SSSR count). The quantitative estimate of drug-likeness (QED) is 0.709. The van der Waals surface area contributed by atoms with Crippen molar-refractivity contribution in [2.75, 3.05) is 6.61 Å². The molecule has 0 saturated heterocycles. The van der Waals surface area contributed by atoms with E-state index in [4.69, 9.17) is 4.74 Å². The van der Waals surface area contributed by atoms with Gasteiger partial charge in [0, 0.05) is 5.92 Å². The number of ether oxygens (including phenoxy) is 1. The Balaban J connectivity index is 2.82. The van der Waals surface area contributed by atoms with Gasteiger partial charge < -0.3 is 9.84 Å². The van der Waals surface area contributed by atoms with Gasteiger partial charge in [0.1, 0.15) is 5.60 Å². The zero-order valence-corrected chi connectivity index (χ0v) is 9.45. The molecule has 0 spiro atoms. The summed E-state index contributed by atoms with van der Waals surface area (Å²) in [4.78, 5) is 23.3. The molecule has 1 saturated carbocycles. The van der Waals surface area contributed by atoms with E-state index in [2.05, 4.69) is 0 Å². The Bertz CT molecular complexity index is 270. The Labute approximate surface area is 89.6 Å². The van der Waals surface area contributed by atoms with Crippen LogP contribution in [0.5, 0.6) is 0 Å². The van der Waals surface area contributed by atoms with Crippen molar-refractivity contribution >= 4 is 11.8 Å². The smallest absolute Gasteiger partial charge is 0.309 e. The molecule has 0 unspecified atom stereocenters. The summed E-state index contributed by atoms with van der Waals surface area (Å²) >= 11 is 0. The lowest BCUT2D eigenvalue weighted by atomic mass is 9.93. The Morgan fingerprint density at radius 2 is 2.20 bits per heavy atom. The monoisotopic (exact) mass is 214 g/mol. The van der Waals surface area contributed by atoms with Gasteiger partial charge in [-0.25, -0.2) is 0 Å². The third-order valence-electron chi connectivity index (χ3n) is 3.00. The minimum absolute atomic E-state index is 0.184. The zero-order chi connectivity index (χ0) is 11.6. The van der Waals surface area contributed by atoms with Crippen LogP contribution in [0.25, 0.3) is 0 Å². The zero-order valence-electron chi connectivity index (χ0n) is 9.45. The van der Waals surface area contributed by atoms with E-state index < -0.39 is 11.5 Å². The van der Waals surface area contributed by atoms with Gasteiger partial charge in [0.05, 0.1) is 12.5 Å². The number of ketones is 1. The number of esters is 1. The molecule has 86 valence electrons. The molecule has 15 heavy (non-hydrogen) atoms. The summed E-state index contributed by atoms with van der Waals surface area (Å²) in [5, 5.41) is 9.79. The van der Waals surface area contributed by atoms with Crippen LogP contribution < -0.4 is 0 Å². The van der Waals surface area contributed by atoms with E-state index in [-0.39, 0.29) is 24.1 Å². The molecule has 1 aliphatic carbocycles. The first-order chi connectivity index (χ1) is 6.94. The molecular formula is C11H18O4. The number of Topliss-reactive ketones (excluding diaryl/α,β-unsaturated/α-hetero) is 1. The maximum atomic E-state index is 11.7. The van der Waals surface area contributed by atoms with Crippen LogP contribution in [0.2, 0.25) is 0 Å². The maximum Gasteiger partial charge on any atom is 0.309 e. The summed E-state index contributed by atoms with van der Waals surface area (Å²) in [7, 11) is 0. The SMILES string of the molecule is CCOC(=O)[C@H]1C[C@](C)(O)C(=O)[C@@H]1CC. The number of rotatable bonds is 3. The van der Waals surface area contributed by atoms with Gasteiger partial charge in [-0.3, -0.25) is 9.59 Å². The summed E-state index contributed by atoms with van der Waals surface area (Å²) in [6, 6.07) is 0. The second-order valence-corrected chi connectivity index (χ2v) is 4.22. The molecule has 3 atom stereocenters. The minimum Gasteiger partial charge on any atom is -0.466 e. The van der Waals surface area contributed by atoms with E-state index in [1.165, 1.54) is 6.92 Å². The van der Waals surface area contributed by atoms with E-state index >= 15 is 0 Å². The first-order valence-corrected chi connectivity index (χ1v) is 5.37. The summed E-state index contributed by atoms with van der Waals surface area (Å²) in [5.74, 6) is -1.46. The van der Waals surface area contributed by atoms with E-state index in [1.807, 2.05) is 6.92 Å². The molecule has 0 aliphatic heterocycles. The summed E-state index contributed by atoms with van der Waals surface area (Å²) < 4.78 is 4.90. The molecule has 0 radical (unpaired) electrons. The van der Waals surface area contributed by atoms with Crippen molar-refractivity contribution in [2.45, 2.75) is 39.2 Å². The van der Waals surface area contributed by atoms with Crippen LogP contribution in [-0.2, 0) is 14.3 Å². The average molecular weight is 214 g/mol. The van der Waals surface area contributed by atoms with Crippen LogP contribution in [0.4, 0.5) is 0 Å². The fourth-order valence-corrected chi connectivity index (χ4v) is 2.22. The van der Waals surface area contributed by atoms with Crippen molar-refractivity contribution in [2.24, 2.45) is 11.8 Å². The van der Waals surface area contributed by atoms with Crippen molar-refractivity contribution in [1.29, 1.82) is 0 Å². The van der Waals surface area contributed by atoms with Crippen molar-refractivity contribution in [3.8, 4) is 0 Å². The first kappa shape index (κ1) is 12.2. The first-order valence-electron chi connectivity index (χ1n) is 5.37. The molecular weight excluding hydrogens is 196 g/mol. The molecule has 4 nitrogen and oxygen atoms in total. The van der Waals surface area contributed by atoms with Crippen molar-refractivity contribution < 1.29 is 19.4 Å². The number of carbonyl (C=O) groups excluding carboxylic acids is 2. The van der Waals surface area contributed by atoms with Crippen molar-refractivity contribution in [3.63, 3.8) is 0 Å². The molecule has 0 aromatic rings. The van der Waals surface area contributed by atoms with Gasteiger partial charge in [-0.15, -0.1) is 0 Å². The lowest BCUT2D eigenvalue weighted by molar-refractivity contribution is -0.150. The maximum absolute atomic E-state index is 11.7. The molecule has 0 bridgehead atoms. The Morgan fingerprint density at radius 1 is 1.60 bits per heavy atom. The van der Waals surface area contributed by atoms with Crippen LogP contribution in [0, 0.1) is 11.8 Å². The normalized spacial score (nSPS) is 35.6. The molecule has 1 fully saturated rings. The third-order valence-corrected chi connectivity index (χ3v) is 3.00. The minimum atomic E-state index is -1.36. The van der Waals surface area contributed by atoms with Crippen LogP contribution in [-0.4, -0.2) is 29.1 Å². The largest absolute Gasteiger partial charge is 0.466 e. The Morgan fingerprint density at radius 3 is 2.67 bits per heavy atom. The molecule has 4 heteroatoms.